The van der Waals surface area contributed by atoms with Gasteiger partial charge in [0.1, 0.15) is 0 Å². The van der Waals surface area contributed by atoms with E-state index in [-0.39, 0.29) is 11.2 Å². The number of benzene rings is 1. The van der Waals surface area contributed by atoms with E-state index in [1.54, 1.807) is 23.1 Å². The van der Waals surface area contributed by atoms with Crippen LogP contribution in [0.2, 0.25) is 5.02 Å². The number of halogens is 1. The third kappa shape index (κ3) is 4.54. The molecule has 2 rings (SSSR count). The Morgan fingerprint density at radius 2 is 2.15 bits per heavy atom. The number of nitrogens with one attached hydrogen (secondary N) is 1. The van der Waals surface area contributed by atoms with Crippen LogP contribution in [0.3, 0.4) is 0 Å². The largest absolute Gasteiger partial charge is 0.350 e. The third-order valence-corrected chi connectivity index (χ3v) is 5.27. The van der Waals surface area contributed by atoms with Crippen LogP contribution >= 0.6 is 34.7 Å². The molecule has 0 radical (unpaired) electrons. The molecule has 20 heavy (non-hydrogen) atoms. The van der Waals surface area contributed by atoms with Crippen LogP contribution in [0.15, 0.2) is 41.8 Å². The Bertz CT molecular complexity index is 557. The molecule has 5 heteroatoms. The lowest BCUT2D eigenvalue weighted by atomic mass is 10.2. The molecular formula is C15H16ClNOS2. The van der Waals surface area contributed by atoms with Crippen molar-refractivity contribution in [2.24, 2.45) is 0 Å². The number of amides is 1. The summed E-state index contributed by atoms with van der Waals surface area (Å²) in [5.74, 6) is 0.809. The number of hydrogen-bond donors (Lipinski definition) is 1. The molecule has 1 unspecified atom stereocenters. The van der Waals surface area contributed by atoms with Gasteiger partial charge >= 0.3 is 0 Å². The van der Waals surface area contributed by atoms with Crippen molar-refractivity contribution in [3.63, 3.8) is 0 Å². The van der Waals surface area contributed by atoms with Gasteiger partial charge < -0.3 is 5.32 Å². The molecule has 1 atom stereocenters. The second-order valence-electron chi connectivity index (χ2n) is 4.34. The van der Waals surface area contributed by atoms with Crippen molar-refractivity contribution in [3.05, 3.63) is 57.2 Å². The maximum absolute atomic E-state index is 12.0. The van der Waals surface area contributed by atoms with E-state index in [9.17, 15) is 4.79 Å². The van der Waals surface area contributed by atoms with Crippen molar-refractivity contribution in [1.29, 1.82) is 0 Å². The highest BCUT2D eigenvalue weighted by Crippen LogP contribution is 2.23. The summed E-state index contributed by atoms with van der Waals surface area (Å²) in [4.78, 5) is 13.2. The Labute approximate surface area is 132 Å². The molecule has 0 aliphatic rings. The summed E-state index contributed by atoms with van der Waals surface area (Å²) in [7, 11) is 0. The van der Waals surface area contributed by atoms with Gasteiger partial charge in [-0.2, -0.15) is 0 Å². The summed E-state index contributed by atoms with van der Waals surface area (Å²) in [6.07, 6.45) is 0. The summed E-state index contributed by atoms with van der Waals surface area (Å²) in [6.45, 7) is 2.53. The number of carbonyl (C=O) groups is 1. The SMILES string of the molecule is CC(SCc1ccccc1Cl)C(=O)NCc1cccs1. The zero-order valence-corrected chi connectivity index (χ0v) is 13.5. The number of rotatable bonds is 6. The first-order chi connectivity index (χ1) is 9.66. The highest BCUT2D eigenvalue weighted by atomic mass is 35.5. The molecule has 1 aromatic heterocycles. The second kappa shape index (κ2) is 7.72. The molecule has 1 heterocycles. The average Bonchev–Trinajstić information content (AvgIpc) is 2.97. The van der Waals surface area contributed by atoms with Gasteiger partial charge in [-0.3, -0.25) is 4.79 Å². The maximum Gasteiger partial charge on any atom is 0.233 e. The topological polar surface area (TPSA) is 29.1 Å². The smallest absolute Gasteiger partial charge is 0.233 e. The van der Waals surface area contributed by atoms with E-state index in [0.717, 1.165) is 16.3 Å². The molecule has 0 aliphatic carbocycles. The predicted octanol–water partition coefficient (Wildman–Crippen LogP) is 4.34. The molecule has 106 valence electrons. The van der Waals surface area contributed by atoms with E-state index in [4.69, 9.17) is 11.6 Å². The standard InChI is InChI=1S/C15H16ClNOS2/c1-11(15(18)17-9-13-6-4-8-19-13)20-10-12-5-2-3-7-14(12)16/h2-8,11H,9-10H2,1H3,(H,17,18). The van der Waals surface area contributed by atoms with Crippen LogP contribution in [0.1, 0.15) is 17.4 Å². The van der Waals surface area contributed by atoms with Crippen LogP contribution in [0.25, 0.3) is 0 Å². The van der Waals surface area contributed by atoms with E-state index in [1.807, 2.05) is 48.7 Å². The molecule has 2 aromatic rings. The van der Waals surface area contributed by atoms with E-state index in [1.165, 1.54) is 4.88 Å². The summed E-state index contributed by atoms with van der Waals surface area (Å²) in [6, 6.07) is 11.7. The normalized spacial score (nSPS) is 12.1. The van der Waals surface area contributed by atoms with Gasteiger partial charge in [0, 0.05) is 15.7 Å². The molecule has 0 bridgehead atoms. The second-order valence-corrected chi connectivity index (χ2v) is 7.11. The highest BCUT2D eigenvalue weighted by molar-refractivity contribution is 7.99. The van der Waals surface area contributed by atoms with Gasteiger partial charge in [0.15, 0.2) is 0 Å². The summed E-state index contributed by atoms with van der Waals surface area (Å²) in [5, 5.41) is 5.63. The van der Waals surface area contributed by atoms with Gasteiger partial charge in [-0.1, -0.05) is 35.9 Å². The third-order valence-electron chi connectivity index (χ3n) is 2.83. The van der Waals surface area contributed by atoms with E-state index in [0.29, 0.717) is 6.54 Å². The molecular weight excluding hydrogens is 310 g/mol. The first-order valence-corrected chi connectivity index (χ1v) is 8.62. The summed E-state index contributed by atoms with van der Waals surface area (Å²) in [5.41, 5.74) is 1.07. The van der Waals surface area contributed by atoms with Crippen molar-refractivity contribution in [1.82, 2.24) is 5.32 Å². The first kappa shape index (κ1) is 15.4. The fourth-order valence-corrected chi connectivity index (χ4v) is 3.48. The fraction of sp³-hybridized carbons (Fsp3) is 0.267. The van der Waals surface area contributed by atoms with Crippen LogP contribution in [0.4, 0.5) is 0 Å². The van der Waals surface area contributed by atoms with Gasteiger partial charge in [-0.25, -0.2) is 0 Å². The van der Waals surface area contributed by atoms with Gasteiger partial charge in [0.2, 0.25) is 5.91 Å². The Kier molecular flexibility index (Phi) is 5.95. The van der Waals surface area contributed by atoms with Crippen molar-refractivity contribution < 1.29 is 4.79 Å². The van der Waals surface area contributed by atoms with Crippen molar-refractivity contribution in [2.45, 2.75) is 24.5 Å². The Morgan fingerprint density at radius 1 is 1.35 bits per heavy atom. The number of thioether (sulfide) groups is 1. The van der Waals surface area contributed by atoms with Gasteiger partial charge in [-0.15, -0.1) is 23.1 Å². The van der Waals surface area contributed by atoms with Crippen molar-refractivity contribution in [3.8, 4) is 0 Å². The van der Waals surface area contributed by atoms with Crippen molar-refractivity contribution in [2.75, 3.05) is 0 Å². The van der Waals surface area contributed by atoms with Crippen LogP contribution < -0.4 is 5.32 Å². The molecule has 0 aliphatic heterocycles. The maximum atomic E-state index is 12.0. The molecule has 0 spiro atoms. The molecule has 1 N–H and O–H groups in total. The molecule has 2 nitrogen and oxygen atoms in total. The zero-order valence-electron chi connectivity index (χ0n) is 11.1. The monoisotopic (exact) mass is 325 g/mol. The van der Waals surface area contributed by atoms with Gasteiger partial charge in [-0.05, 0) is 30.0 Å². The quantitative estimate of drug-likeness (QED) is 0.856. The minimum atomic E-state index is -0.0914. The summed E-state index contributed by atoms with van der Waals surface area (Å²) < 4.78 is 0. The minimum Gasteiger partial charge on any atom is -0.350 e. The number of hydrogen-bond acceptors (Lipinski definition) is 3. The fourth-order valence-electron chi connectivity index (χ4n) is 1.64. The molecule has 1 aromatic carbocycles. The van der Waals surface area contributed by atoms with Crippen LogP contribution in [-0.4, -0.2) is 11.2 Å². The lowest BCUT2D eigenvalue weighted by Gasteiger charge is -2.12. The average molecular weight is 326 g/mol. The highest BCUT2D eigenvalue weighted by Gasteiger charge is 2.13. The van der Waals surface area contributed by atoms with Crippen molar-refractivity contribution >= 4 is 40.6 Å². The van der Waals surface area contributed by atoms with Crippen LogP contribution in [0, 0.1) is 0 Å². The Balaban J connectivity index is 1.78. The van der Waals surface area contributed by atoms with Gasteiger partial charge in [0.05, 0.1) is 11.8 Å². The number of carbonyl (C=O) groups excluding carboxylic acids is 1. The zero-order chi connectivity index (χ0) is 14.4. The lowest BCUT2D eigenvalue weighted by Crippen LogP contribution is -2.30. The van der Waals surface area contributed by atoms with Crippen LogP contribution in [-0.2, 0) is 17.1 Å². The van der Waals surface area contributed by atoms with E-state index in [2.05, 4.69) is 5.32 Å². The molecule has 0 saturated carbocycles. The lowest BCUT2D eigenvalue weighted by molar-refractivity contribution is -0.120. The van der Waals surface area contributed by atoms with E-state index < -0.39 is 0 Å². The van der Waals surface area contributed by atoms with Gasteiger partial charge in [0.25, 0.3) is 0 Å². The predicted molar refractivity (Wildman–Crippen MR) is 88.4 cm³/mol. The molecule has 0 fully saturated rings. The van der Waals surface area contributed by atoms with E-state index >= 15 is 0 Å². The first-order valence-electron chi connectivity index (χ1n) is 6.32. The van der Waals surface area contributed by atoms with Crippen LogP contribution in [0.5, 0.6) is 0 Å². The Hall–Kier alpha value is -0.970. The minimum absolute atomic E-state index is 0.0652. The number of thiophene rings is 1. The molecule has 1 amide bonds. The Morgan fingerprint density at radius 3 is 2.85 bits per heavy atom. The molecule has 0 saturated heterocycles. The summed E-state index contributed by atoms with van der Waals surface area (Å²) >= 11 is 9.35.